The van der Waals surface area contributed by atoms with Crippen molar-refractivity contribution < 1.29 is 40.9 Å². The summed E-state index contributed by atoms with van der Waals surface area (Å²) in [4.78, 5) is 26.6. The molecule has 2 aromatic carbocycles. The molecule has 0 radical (unpaired) electrons. The first-order valence-corrected chi connectivity index (χ1v) is 12.2. The maximum atomic E-state index is 13.2. The number of thiophene rings is 1. The highest BCUT2D eigenvalue weighted by Gasteiger charge is 2.39. The molecule has 2 heterocycles. The molecule has 0 bridgehead atoms. The molecule has 0 unspecified atom stereocenters. The summed E-state index contributed by atoms with van der Waals surface area (Å²) < 4.78 is 88.7. The minimum Gasteiger partial charge on any atom is -0.453 e. The van der Waals surface area contributed by atoms with E-state index in [0.717, 1.165) is 12.1 Å². The molecule has 0 saturated heterocycles. The molecule has 2 N–H and O–H groups in total. The standard InChI is InChI=1S/C23H14Cl2F6N2O5S/c1-9-17-19(35)32-21(36)33(8-16(34)22(26,27)28)20(17)39-18(9)10-2-5-14(15(6-10)38-23(29,30)31)37-11-3-4-12(24)13(25)7-11/h2-7,16,34H,8H2,1H3,(H,32,35,36)/t16-/m1/s1. The fourth-order valence-electron chi connectivity index (χ4n) is 3.60. The Labute approximate surface area is 227 Å². The van der Waals surface area contributed by atoms with Crippen molar-refractivity contribution in [3.05, 3.63) is 72.8 Å². The number of halogens is 8. The van der Waals surface area contributed by atoms with Crippen molar-refractivity contribution in [2.24, 2.45) is 0 Å². The van der Waals surface area contributed by atoms with Crippen LogP contribution < -0.4 is 20.7 Å². The first-order valence-electron chi connectivity index (χ1n) is 10.6. The monoisotopic (exact) mass is 614 g/mol. The van der Waals surface area contributed by atoms with E-state index in [9.17, 15) is 41.0 Å². The van der Waals surface area contributed by atoms with E-state index in [0.29, 0.717) is 15.9 Å². The van der Waals surface area contributed by atoms with Gasteiger partial charge in [-0.3, -0.25) is 14.3 Å². The number of benzene rings is 2. The Morgan fingerprint density at radius 1 is 1.03 bits per heavy atom. The third kappa shape index (κ3) is 6.19. The van der Waals surface area contributed by atoms with Gasteiger partial charge >= 0.3 is 18.2 Å². The van der Waals surface area contributed by atoms with Gasteiger partial charge in [-0.25, -0.2) is 4.79 Å². The van der Waals surface area contributed by atoms with Gasteiger partial charge in [-0.05, 0) is 48.4 Å². The molecular formula is C23H14Cl2F6N2O5S. The lowest BCUT2D eigenvalue weighted by atomic mass is 10.1. The van der Waals surface area contributed by atoms with Gasteiger partial charge in [0.05, 0.1) is 22.0 Å². The number of alkyl halides is 6. The second-order valence-electron chi connectivity index (χ2n) is 8.05. The summed E-state index contributed by atoms with van der Waals surface area (Å²) in [6, 6.07) is 7.43. The number of aryl methyl sites for hydroxylation is 1. The van der Waals surface area contributed by atoms with Crippen LogP contribution in [0, 0.1) is 6.92 Å². The third-order valence-corrected chi connectivity index (χ3v) is 7.45. The van der Waals surface area contributed by atoms with Crippen molar-refractivity contribution in [3.8, 4) is 27.7 Å². The summed E-state index contributed by atoms with van der Waals surface area (Å²) in [5, 5.41) is 9.58. The van der Waals surface area contributed by atoms with Crippen LogP contribution in [0.3, 0.4) is 0 Å². The molecule has 0 saturated carbocycles. The third-order valence-electron chi connectivity index (χ3n) is 5.35. The summed E-state index contributed by atoms with van der Waals surface area (Å²) in [6.07, 6.45) is -13.1. The number of rotatable bonds is 6. The number of nitrogens with zero attached hydrogens (tertiary/aromatic N) is 1. The normalized spacial score (nSPS) is 13.1. The van der Waals surface area contributed by atoms with Crippen molar-refractivity contribution in [1.82, 2.24) is 9.55 Å². The predicted octanol–water partition coefficient (Wildman–Crippen LogP) is 6.65. The maximum absolute atomic E-state index is 13.2. The molecule has 0 aliphatic heterocycles. The topological polar surface area (TPSA) is 93.5 Å². The second kappa shape index (κ2) is 10.4. The Morgan fingerprint density at radius 2 is 1.72 bits per heavy atom. The average Bonchev–Trinajstić information content (AvgIpc) is 3.16. The first kappa shape index (κ1) is 28.8. The summed E-state index contributed by atoms with van der Waals surface area (Å²) >= 11 is 12.5. The highest BCUT2D eigenvalue weighted by molar-refractivity contribution is 7.22. The van der Waals surface area contributed by atoms with Crippen LogP contribution >= 0.6 is 34.5 Å². The van der Waals surface area contributed by atoms with E-state index in [2.05, 4.69) is 4.74 Å². The Morgan fingerprint density at radius 3 is 2.33 bits per heavy atom. The van der Waals surface area contributed by atoms with Gasteiger partial charge in [-0.15, -0.1) is 24.5 Å². The lowest BCUT2D eigenvalue weighted by Gasteiger charge is -2.16. The van der Waals surface area contributed by atoms with E-state index < -0.39 is 42.2 Å². The zero-order chi connectivity index (χ0) is 28.9. The van der Waals surface area contributed by atoms with Gasteiger partial charge in [-0.2, -0.15) is 13.2 Å². The van der Waals surface area contributed by atoms with Crippen LogP contribution in [0.5, 0.6) is 17.2 Å². The van der Waals surface area contributed by atoms with Crippen LogP contribution in [0.15, 0.2) is 46.0 Å². The molecule has 0 aliphatic carbocycles. The lowest BCUT2D eigenvalue weighted by Crippen LogP contribution is -2.38. The number of ether oxygens (including phenoxy) is 2. The van der Waals surface area contributed by atoms with Crippen LogP contribution in [0.25, 0.3) is 20.7 Å². The van der Waals surface area contributed by atoms with Gasteiger partial charge < -0.3 is 14.6 Å². The highest BCUT2D eigenvalue weighted by atomic mass is 35.5. The summed E-state index contributed by atoms with van der Waals surface area (Å²) in [5.74, 6) is -1.10. The second-order valence-corrected chi connectivity index (χ2v) is 9.86. The predicted molar refractivity (Wildman–Crippen MR) is 132 cm³/mol. The molecular weight excluding hydrogens is 601 g/mol. The number of fused-ring (bicyclic) bond motifs is 1. The number of aromatic amines is 1. The van der Waals surface area contributed by atoms with Gasteiger partial charge in [0.15, 0.2) is 17.6 Å². The number of hydrogen-bond donors (Lipinski definition) is 2. The first-order chi connectivity index (χ1) is 18.0. The number of hydrogen-bond acceptors (Lipinski definition) is 6. The van der Waals surface area contributed by atoms with E-state index in [1.165, 1.54) is 31.2 Å². The van der Waals surface area contributed by atoms with Crippen molar-refractivity contribution in [2.45, 2.75) is 32.1 Å². The number of nitrogens with one attached hydrogen (secondary N) is 1. The van der Waals surface area contributed by atoms with Crippen LogP contribution in [0.2, 0.25) is 10.0 Å². The SMILES string of the molecule is Cc1c(-c2ccc(Oc3ccc(Cl)c(Cl)c3)c(OC(F)(F)F)c2)sc2c1c(=O)[nH]c(=O)n2C[C@@H](O)C(F)(F)F. The van der Waals surface area contributed by atoms with Gasteiger partial charge in [0, 0.05) is 10.9 Å². The largest absolute Gasteiger partial charge is 0.573 e. The Balaban J connectivity index is 1.85. The number of H-pyrrole nitrogens is 1. The molecule has 0 spiro atoms. The van der Waals surface area contributed by atoms with Crippen LogP contribution in [0.1, 0.15) is 5.56 Å². The van der Waals surface area contributed by atoms with Gasteiger partial charge in [0.1, 0.15) is 10.6 Å². The zero-order valence-corrected chi connectivity index (χ0v) is 21.5. The maximum Gasteiger partial charge on any atom is 0.573 e. The van der Waals surface area contributed by atoms with Gasteiger partial charge in [-0.1, -0.05) is 23.2 Å². The summed E-state index contributed by atoms with van der Waals surface area (Å²) in [5.41, 5.74) is -1.87. The molecule has 7 nitrogen and oxygen atoms in total. The quantitative estimate of drug-likeness (QED) is 0.237. The number of aromatic nitrogens is 2. The van der Waals surface area contributed by atoms with Crippen molar-refractivity contribution in [3.63, 3.8) is 0 Å². The molecule has 208 valence electrons. The molecule has 16 heteroatoms. The fourth-order valence-corrected chi connectivity index (χ4v) is 5.19. The highest BCUT2D eigenvalue weighted by Crippen LogP contribution is 2.43. The fraction of sp³-hybridized carbons (Fsp3) is 0.217. The molecule has 4 aromatic rings. The van der Waals surface area contributed by atoms with E-state index in [-0.39, 0.29) is 47.8 Å². The van der Waals surface area contributed by atoms with Gasteiger partial charge in [0.2, 0.25) is 0 Å². The Bertz CT molecular complexity index is 1680. The van der Waals surface area contributed by atoms with E-state index >= 15 is 0 Å². The molecule has 0 amide bonds. The van der Waals surface area contributed by atoms with E-state index in [4.69, 9.17) is 27.9 Å². The number of aliphatic hydroxyl groups is 1. The van der Waals surface area contributed by atoms with Crippen molar-refractivity contribution in [1.29, 1.82) is 0 Å². The lowest BCUT2D eigenvalue weighted by molar-refractivity contribution is -0.275. The molecule has 0 aliphatic rings. The summed E-state index contributed by atoms with van der Waals surface area (Å²) in [7, 11) is 0. The average molecular weight is 615 g/mol. The van der Waals surface area contributed by atoms with Crippen LogP contribution in [-0.2, 0) is 6.54 Å². The minimum atomic E-state index is -5.13. The molecule has 4 rings (SSSR count). The molecule has 0 fully saturated rings. The van der Waals surface area contributed by atoms with Crippen LogP contribution in [-0.4, -0.2) is 33.3 Å². The van der Waals surface area contributed by atoms with Gasteiger partial charge in [0.25, 0.3) is 5.56 Å². The van der Waals surface area contributed by atoms with E-state index in [1.54, 1.807) is 0 Å². The minimum absolute atomic E-state index is 0.0426. The Hall–Kier alpha value is -3.20. The van der Waals surface area contributed by atoms with E-state index in [1.807, 2.05) is 4.98 Å². The zero-order valence-electron chi connectivity index (χ0n) is 19.2. The van der Waals surface area contributed by atoms with Crippen LogP contribution in [0.4, 0.5) is 26.3 Å². The Kier molecular flexibility index (Phi) is 7.69. The molecule has 1 atom stereocenters. The smallest absolute Gasteiger partial charge is 0.453 e. The molecule has 2 aromatic heterocycles. The number of aliphatic hydroxyl groups excluding tert-OH is 1. The van der Waals surface area contributed by atoms with Crippen molar-refractivity contribution in [2.75, 3.05) is 0 Å². The van der Waals surface area contributed by atoms with Crippen molar-refractivity contribution >= 4 is 44.8 Å². The molecule has 39 heavy (non-hydrogen) atoms. The summed E-state index contributed by atoms with van der Waals surface area (Å²) in [6.45, 7) is 0.191.